The SMILES string of the molecule is O=C(O[C@@H]1CCCCC1=O)c1ccc2c(=O)n3c(nc2c1)CCC3. The Morgan fingerprint density at radius 2 is 2.04 bits per heavy atom. The quantitative estimate of drug-likeness (QED) is 0.789. The first-order valence-electron chi connectivity index (χ1n) is 8.40. The van der Waals surface area contributed by atoms with Crippen LogP contribution in [0, 0.1) is 0 Å². The predicted octanol–water partition coefficient (Wildman–Crippen LogP) is 2.01. The lowest BCUT2D eigenvalue weighted by Gasteiger charge is -2.20. The maximum atomic E-state index is 12.4. The molecule has 0 amide bonds. The number of carbonyl (C=O) groups is 2. The number of nitrogens with zero attached hydrogens (tertiary/aromatic N) is 2. The highest BCUT2D eigenvalue weighted by Crippen LogP contribution is 2.20. The van der Waals surface area contributed by atoms with E-state index >= 15 is 0 Å². The summed E-state index contributed by atoms with van der Waals surface area (Å²) in [6.45, 7) is 0.699. The number of ketones is 1. The van der Waals surface area contributed by atoms with Gasteiger partial charge in [0.05, 0.1) is 16.5 Å². The molecule has 24 heavy (non-hydrogen) atoms. The molecule has 0 radical (unpaired) electrons. The molecule has 0 unspecified atom stereocenters. The van der Waals surface area contributed by atoms with Crippen LogP contribution in [0.25, 0.3) is 10.9 Å². The number of ether oxygens (including phenoxy) is 1. The minimum Gasteiger partial charge on any atom is -0.451 e. The number of hydrogen-bond donors (Lipinski definition) is 0. The van der Waals surface area contributed by atoms with Crippen LogP contribution in [-0.2, 0) is 22.5 Å². The van der Waals surface area contributed by atoms with Crippen LogP contribution in [0.3, 0.4) is 0 Å². The van der Waals surface area contributed by atoms with E-state index in [9.17, 15) is 14.4 Å². The summed E-state index contributed by atoms with van der Waals surface area (Å²) in [6, 6.07) is 4.78. The van der Waals surface area contributed by atoms with Crippen LogP contribution >= 0.6 is 0 Å². The van der Waals surface area contributed by atoms with Crippen molar-refractivity contribution in [2.45, 2.75) is 51.2 Å². The highest BCUT2D eigenvalue weighted by Gasteiger charge is 2.26. The molecular weight excluding hydrogens is 308 g/mol. The Morgan fingerprint density at radius 3 is 2.88 bits per heavy atom. The second-order valence-corrected chi connectivity index (χ2v) is 6.43. The first-order chi connectivity index (χ1) is 11.6. The maximum absolute atomic E-state index is 12.4. The number of Topliss-reactive ketones (excluding diaryl/α,β-unsaturated/α-hetero) is 1. The van der Waals surface area contributed by atoms with Crippen LogP contribution in [0.1, 0.15) is 48.3 Å². The third-order valence-corrected chi connectivity index (χ3v) is 4.80. The molecule has 1 aromatic heterocycles. The second kappa shape index (κ2) is 5.85. The molecule has 1 atom stereocenters. The number of aryl methyl sites for hydroxylation is 1. The lowest BCUT2D eigenvalue weighted by Crippen LogP contribution is -2.30. The van der Waals surface area contributed by atoms with Crippen LogP contribution in [0.5, 0.6) is 0 Å². The number of carbonyl (C=O) groups excluding carboxylic acids is 2. The summed E-state index contributed by atoms with van der Waals surface area (Å²) in [5, 5.41) is 0.506. The first-order valence-corrected chi connectivity index (χ1v) is 8.40. The van der Waals surface area contributed by atoms with E-state index in [0.717, 1.165) is 31.5 Å². The largest absolute Gasteiger partial charge is 0.451 e. The molecule has 2 aliphatic rings. The monoisotopic (exact) mass is 326 g/mol. The number of esters is 1. The lowest BCUT2D eigenvalue weighted by molar-refractivity contribution is -0.129. The Hall–Kier alpha value is -2.50. The minimum atomic E-state index is -0.638. The van der Waals surface area contributed by atoms with E-state index in [0.29, 0.717) is 35.9 Å². The number of benzene rings is 1. The van der Waals surface area contributed by atoms with Gasteiger partial charge in [-0.15, -0.1) is 0 Å². The van der Waals surface area contributed by atoms with Crippen molar-refractivity contribution in [2.24, 2.45) is 0 Å². The molecule has 0 saturated heterocycles. The maximum Gasteiger partial charge on any atom is 0.338 e. The van der Waals surface area contributed by atoms with Gasteiger partial charge in [0.15, 0.2) is 11.9 Å². The fourth-order valence-electron chi connectivity index (χ4n) is 3.48. The summed E-state index contributed by atoms with van der Waals surface area (Å²) in [5.41, 5.74) is 0.781. The van der Waals surface area contributed by atoms with Crippen molar-refractivity contribution in [3.8, 4) is 0 Å². The minimum absolute atomic E-state index is 0.00965. The fraction of sp³-hybridized carbons (Fsp3) is 0.444. The predicted molar refractivity (Wildman–Crippen MR) is 87.0 cm³/mol. The zero-order chi connectivity index (χ0) is 16.7. The topological polar surface area (TPSA) is 78.3 Å². The van der Waals surface area contributed by atoms with Gasteiger partial charge in [0.25, 0.3) is 5.56 Å². The van der Waals surface area contributed by atoms with Crippen LogP contribution in [-0.4, -0.2) is 27.4 Å². The smallest absolute Gasteiger partial charge is 0.338 e. The van der Waals surface area contributed by atoms with Crippen molar-refractivity contribution >= 4 is 22.7 Å². The molecule has 1 aromatic carbocycles. The van der Waals surface area contributed by atoms with Gasteiger partial charge >= 0.3 is 5.97 Å². The molecule has 0 N–H and O–H groups in total. The van der Waals surface area contributed by atoms with Gasteiger partial charge in [0.2, 0.25) is 0 Å². The van der Waals surface area contributed by atoms with E-state index in [1.54, 1.807) is 22.8 Å². The molecule has 2 aromatic rings. The van der Waals surface area contributed by atoms with Crippen molar-refractivity contribution in [3.05, 3.63) is 39.9 Å². The Morgan fingerprint density at radius 1 is 1.17 bits per heavy atom. The molecule has 0 bridgehead atoms. The van der Waals surface area contributed by atoms with Crippen molar-refractivity contribution in [2.75, 3.05) is 0 Å². The Kier molecular flexibility index (Phi) is 3.67. The zero-order valence-electron chi connectivity index (χ0n) is 13.3. The van der Waals surface area contributed by atoms with Crippen LogP contribution in [0.2, 0.25) is 0 Å². The first kappa shape index (κ1) is 15.1. The number of aromatic nitrogens is 2. The summed E-state index contributed by atoms with van der Waals surface area (Å²) in [5.74, 6) is 0.226. The zero-order valence-corrected chi connectivity index (χ0v) is 13.3. The summed E-state index contributed by atoms with van der Waals surface area (Å²) < 4.78 is 7.06. The molecule has 6 nitrogen and oxygen atoms in total. The summed E-state index contributed by atoms with van der Waals surface area (Å²) in [7, 11) is 0. The summed E-state index contributed by atoms with van der Waals surface area (Å²) in [6.07, 6.45) is 3.87. The standard InChI is InChI=1S/C18H18N2O4/c21-14-4-1-2-5-15(14)24-18(23)11-7-8-12-13(10-11)19-16-6-3-9-20(16)17(12)22/h7-8,10,15H,1-6,9H2/t15-/m1/s1. The number of rotatable bonds is 2. The molecule has 124 valence electrons. The van der Waals surface area contributed by atoms with E-state index in [4.69, 9.17) is 4.74 Å². The van der Waals surface area contributed by atoms with Crippen molar-refractivity contribution in [1.29, 1.82) is 0 Å². The van der Waals surface area contributed by atoms with Gasteiger partial charge in [0, 0.05) is 19.4 Å². The molecule has 1 saturated carbocycles. The molecule has 0 spiro atoms. The Bertz CT molecular complexity index is 900. The molecule has 2 heterocycles. The highest BCUT2D eigenvalue weighted by atomic mass is 16.5. The van der Waals surface area contributed by atoms with E-state index in [2.05, 4.69) is 4.98 Å². The van der Waals surface area contributed by atoms with E-state index in [1.807, 2.05) is 0 Å². The van der Waals surface area contributed by atoms with E-state index in [-0.39, 0.29) is 11.3 Å². The van der Waals surface area contributed by atoms with Gasteiger partial charge in [0.1, 0.15) is 5.82 Å². The second-order valence-electron chi connectivity index (χ2n) is 6.43. The van der Waals surface area contributed by atoms with E-state index < -0.39 is 12.1 Å². The molecule has 1 aliphatic heterocycles. The van der Waals surface area contributed by atoms with Gasteiger partial charge in [-0.25, -0.2) is 9.78 Å². The molecule has 1 fully saturated rings. The van der Waals surface area contributed by atoms with Crippen LogP contribution in [0.4, 0.5) is 0 Å². The summed E-state index contributed by atoms with van der Waals surface area (Å²) >= 11 is 0. The highest BCUT2D eigenvalue weighted by molar-refractivity contribution is 5.96. The fourth-order valence-corrected chi connectivity index (χ4v) is 3.48. The molecule has 1 aliphatic carbocycles. The Labute approximate surface area is 138 Å². The average Bonchev–Trinajstić information content (AvgIpc) is 3.05. The van der Waals surface area contributed by atoms with Gasteiger partial charge in [-0.05, 0) is 43.9 Å². The molecule has 6 heteroatoms. The van der Waals surface area contributed by atoms with Crippen LogP contribution < -0.4 is 5.56 Å². The number of hydrogen-bond acceptors (Lipinski definition) is 5. The lowest BCUT2D eigenvalue weighted by atomic mass is 9.96. The third-order valence-electron chi connectivity index (χ3n) is 4.80. The van der Waals surface area contributed by atoms with Crippen molar-refractivity contribution in [1.82, 2.24) is 9.55 Å². The van der Waals surface area contributed by atoms with Crippen molar-refractivity contribution < 1.29 is 14.3 Å². The Balaban J connectivity index is 1.65. The molecule has 4 rings (SSSR count). The van der Waals surface area contributed by atoms with Gasteiger partial charge < -0.3 is 4.74 Å². The summed E-state index contributed by atoms with van der Waals surface area (Å²) in [4.78, 5) is 41.1. The van der Waals surface area contributed by atoms with Crippen LogP contribution in [0.15, 0.2) is 23.0 Å². The number of fused-ring (bicyclic) bond motifs is 2. The normalized spacial score (nSPS) is 20.2. The van der Waals surface area contributed by atoms with Gasteiger partial charge in [-0.2, -0.15) is 0 Å². The average molecular weight is 326 g/mol. The van der Waals surface area contributed by atoms with Gasteiger partial charge in [-0.1, -0.05) is 0 Å². The van der Waals surface area contributed by atoms with Gasteiger partial charge in [-0.3, -0.25) is 14.2 Å². The third kappa shape index (κ3) is 2.52. The van der Waals surface area contributed by atoms with Crippen molar-refractivity contribution in [3.63, 3.8) is 0 Å². The van der Waals surface area contributed by atoms with E-state index in [1.165, 1.54) is 0 Å². The molecular formula is C18H18N2O4.